The molecule has 4 atom stereocenters. The van der Waals surface area contributed by atoms with Crippen LogP contribution in [0.3, 0.4) is 0 Å². The van der Waals surface area contributed by atoms with Crippen molar-refractivity contribution in [1.82, 2.24) is 29.6 Å². The molecule has 1 aromatic carbocycles. The fraction of sp³-hybridized carbons (Fsp3) is 0.367. The zero-order valence-electron chi connectivity index (χ0n) is 23.7. The van der Waals surface area contributed by atoms with Gasteiger partial charge in [0.2, 0.25) is 11.8 Å². The molecule has 6 rings (SSSR count). The van der Waals surface area contributed by atoms with Crippen LogP contribution in [0.25, 0.3) is 22.0 Å². The number of hydrogen-bond acceptors (Lipinski definition) is 8. The first-order valence-electron chi connectivity index (χ1n) is 13.7. The van der Waals surface area contributed by atoms with Gasteiger partial charge in [0.15, 0.2) is 5.78 Å². The van der Waals surface area contributed by atoms with Crippen molar-refractivity contribution in [2.75, 3.05) is 19.0 Å². The fourth-order valence-electron chi connectivity index (χ4n) is 6.42. The highest BCUT2D eigenvalue weighted by atomic mass is 79.9. The van der Waals surface area contributed by atoms with Gasteiger partial charge in [0.1, 0.15) is 34.5 Å². The maximum absolute atomic E-state index is 14.0. The summed E-state index contributed by atoms with van der Waals surface area (Å²) in [5.74, 6) is 0.477. The molecule has 11 nitrogen and oxygen atoms in total. The van der Waals surface area contributed by atoms with E-state index in [0.29, 0.717) is 40.2 Å². The predicted octanol–water partition coefficient (Wildman–Crippen LogP) is 4.05. The number of fused-ring (bicyclic) bond motifs is 2. The van der Waals surface area contributed by atoms with Crippen LogP contribution < -0.4 is 5.32 Å². The minimum Gasteiger partial charge on any atom is -0.384 e. The van der Waals surface area contributed by atoms with Crippen molar-refractivity contribution in [3.05, 3.63) is 64.9 Å². The van der Waals surface area contributed by atoms with Gasteiger partial charge in [0, 0.05) is 48.8 Å². The van der Waals surface area contributed by atoms with Crippen molar-refractivity contribution < 1.29 is 19.1 Å². The van der Waals surface area contributed by atoms with Crippen LogP contribution in [0, 0.1) is 18.3 Å². The van der Waals surface area contributed by atoms with Gasteiger partial charge in [-0.05, 0) is 65.0 Å². The van der Waals surface area contributed by atoms with E-state index in [1.165, 1.54) is 6.92 Å². The lowest BCUT2D eigenvalue weighted by atomic mass is 9.96. The number of rotatable bonds is 8. The first-order valence-corrected chi connectivity index (χ1v) is 14.5. The summed E-state index contributed by atoms with van der Waals surface area (Å²) in [6.45, 7) is 5.68. The Morgan fingerprint density at radius 1 is 1.14 bits per heavy atom. The molecule has 216 valence electrons. The minimum absolute atomic E-state index is 0.123. The Morgan fingerprint density at radius 3 is 2.60 bits per heavy atom. The summed E-state index contributed by atoms with van der Waals surface area (Å²) in [4.78, 5) is 54.7. The average molecular weight is 633 g/mol. The van der Waals surface area contributed by atoms with E-state index in [-0.39, 0.29) is 47.2 Å². The summed E-state index contributed by atoms with van der Waals surface area (Å²) in [5, 5.41) is 8.06. The zero-order chi connectivity index (χ0) is 29.8. The number of halogens is 1. The van der Waals surface area contributed by atoms with Gasteiger partial charge in [-0.15, -0.1) is 0 Å². The highest BCUT2D eigenvalue weighted by Crippen LogP contribution is 2.64. The number of Topliss-reactive ketones (excluding diaryl/α,β-unsaturated/α-hetero) is 1. The van der Waals surface area contributed by atoms with E-state index in [2.05, 4.69) is 48.2 Å². The summed E-state index contributed by atoms with van der Waals surface area (Å²) < 4.78 is 7.69. The third kappa shape index (κ3) is 4.78. The summed E-state index contributed by atoms with van der Waals surface area (Å²) in [6, 6.07) is 10.0. The van der Waals surface area contributed by atoms with E-state index in [1.54, 1.807) is 47.3 Å². The largest absolute Gasteiger partial charge is 0.384 e. The molecular weight excluding hydrogens is 602 g/mol. The van der Waals surface area contributed by atoms with Crippen molar-refractivity contribution in [2.24, 2.45) is 11.3 Å². The number of ether oxygens (including phenoxy) is 1. The van der Waals surface area contributed by atoms with Gasteiger partial charge in [-0.2, -0.15) is 5.10 Å². The number of methoxy groups -OCH3 is 1. The molecule has 4 heterocycles. The quantitative estimate of drug-likeness (QED) is 0.227. The molecule has 0 spiro atoms. The van der Waals surface area contributed by atoms with Crippen LogP contribution in [0.4, 0.5) is 5.82 Å². The average Bonchev–Trinajstić information content (AvgIpc) is 3.24. The number of anilines is 1. The number of aryl methyl sites for hydroxylation is 1. The Balaban J connectivity index is 1.32. The smallest absolute Gasteiger partial charge is 0.248 e. The number of hydrogen-bond donors (Lipinski definition) is 1. The molecule has 1 aliphatic heterocycles. The van der Waals surface area contributed by atoms with E-state index >= 15 is 0 Å². The molecular formula is C30H30BrN7O4. The Morgan fingerprint density at radius 2 is 1.90 bits per heavy atom. The van der Waals surface area contributed by atoms with Crippen LogP contribution in [-0.4, -0.2) is 73.0 Å². The lowest BCUT2D eigenvalue weighted by molar-refractivity contribution is -0.138. The number of likely N-dealkylation sites (tertiary alicyclic amines) is 1. The molecule has 1 saturated heterocycles. The van der Waals surface area contributed by atoms with Crippen LogP contribution >= 0.6 is 15.9 Å². The van der Waals surface area contributed by atoms with Gasteiger partial charge in [0.05, 0.1) is 12.1 Å². The highest BCUT2D eigenvalue weighted by Gasteiger charge is 2.72. The number of piperidine rings is 1. The molecule has 2 fully saturated rings. The van der Waals surface area contributed by atoms with E-state index in [9.17, 15) is 14.4 Å². The lowest BCUT2D eigenvalue weighted by Gasteiger charge is -2.28. The second kappa shape index (κ2) is 10.7. The molecule has 2 amide bonds. The topological polar surface area (TPSA) is 132 Å². The Hall–Kier alpha value is -4.03. The number of carbonyl (C=O) groups is 3. The summed E-state index contributed by atoms with van der Waals surface area (Å²) in [7, 11) is 1.64. The number of nitrogens with zero attached hydrogens (tertiary/aromatic N) is 6. The second-order valence-electron chi connectivity index (χ2n) is 11.1. The molecule has 42 heavy (non-hydrogen) atoms. The first kappa shape index (κ1) is 28.1. The highest BCUT2D eigenvalue weighted by molar-refractivity contribution is 9.10. The molecule has 1 N–H and O–H groups in total. The monoisotopic (exact) mass is 631 g/mol. The third-order valence-corrected chi connectivity index (χ3v) is 8.96. The normalized spacial score (nSPS) is 22.7. The van der Waals surface area contributed by atoms with Crippen molar-refractivity contribution in [1.29, 1.82) is 0 Å². The second-order valence-corrected chi connectivity index (χ2v) is 11.9. The van der Waals surface area contributed by atoms with E-state index in [4.69, 9.17) is 4.74 Å². The van der Waals surface area contributed by atoms with Crippen LogP contribution in [0.2, 0.25) is 0 Å². The Kier molecular flexibility index (Phi) is 7.14. The molecule has 0 bridgehead atoms. The van der Waals surface area contributed by atoms with Gasteiger partial charge >= 0.3 is 0 Å². The molecule has 0 radical (unpaired) electrons. The van der Waals surface area contributed by atoms with Gasteiger partial charge in [-0.25, -0.2) is 15.0 Å². The fourth-order valence-corrected chi connectivity index (χ4v) is 6.76. The lowest BCUT2D eigenvalue weighted by Crippen LogP contribution is -2.47. The SMILES string of the molecule is COC[C@]12C[C@@H](C(=O)Nc3cccc(Br)n3)N(C(=O)Cn3nc(C(C)=O)c4cc(-c5cnc(C)nc5)ccc43)C1[C@H]2C. The van der Waals surface area contributed by atoms with Crippen LogP contribution in [0.15, 0.2) is 53.4 Å². The molecule has 2 aliphatic rings. The van der Waals surface area contributed by atoms with Crippen LogP contribution in [0.5, 0.6) is 0 Å². The standard InChI is InChI=1S/C30H30BrN7O4/c1-16-28-30(16,15-42-4)11-23(29(41)35-25-7-5-6-24(31)34-25)38(28)26(40)14-37-22-9-8-19(20-12-32-18(3)33-13-20)10-21(22)27(36-37)17(2)39/h5-10,12-13,16,23,28H,11,14-15H2,1-4H3,(H,34,35,41)/t16-,23+,28?,30+/m1/s1. The Bertz CT molecular complexity index is 1720. The number of benzene rings is 1. The minimum atomic E-state index is -0.697. The van der Waals surface area contributed by atoms with E-state index in [0.717, 1.165) is 11.1 Å². The number of amides is 2. The molecule has 1 saturated carbocycles. The molecule has 4 aromatic rings. The Labute approximate surface area is 250 Å². The van der Waals surface area contributed by atoms with Crippen molar-refractivity contribution >= 4 is 50.2 Å². The van der Waals surface area contributed by atoms with Gasteiger partial charge in [-0.3, -0.25) is 19.1 Å². The van der Waals surface area contributed by atoms with Gasteiger partial charge in [-0.1, -0.05) is 19.1 Å². The maximum atomic E-state index is 14.0. The summed E-state index contributed by atoms with van der Waals surface area (Å²) >= 11 is 3.33. The first-order chi connectivity index (χ1) is 20.1. The van der Waals surface area contributed by atoms with E-state index < -0.39 is 6.04 Å². The number of carbonyl (C=O) groups excluding carboxylic acids is 3. The third-order valence-electron chi connectivity index (χ3n) is 8.52. The molecule has 1 aliphatic carbocycles. The zero-order valence-corrected chi connectivity index (χ0v) is 25.3. The van der Waals surface area contributed by atoms with E-state index in [1.807, 2.05) is 25.1 Å². The summed E-state index contributed by atoms with van der Waals surface area (Å²) in [6.07, 6.45) is 3.95. The number of pyridine rings is 1. The van der Waals surface area contributed by atoms with Gasteiger partial charge in [0.25, 0.3) is 0 Å². The molecule has 1 unspecified atom stereocenters. The van der Waals surface area contributed by atoms with Crippen molar-refractivity contribution in [3.8, 4) is 11.1 Å². The number of aromatic nitrogens is 5. The summed E-state index contributed by atoms with van der Waals surface area (Å²) in [5.41, 5.74) is 2.28. The number of nitrogens with one attached hydrogen (secondary N) is 1. The number of ketones is 1. The van der Waals surface area contributed by atoms with Gasteiger partial charge < -0.3 is 15.0 Å². The van der Waals surface area contributed by atoms with Crippen LogP contribution in [-0.2, 0) is 20.9 Å². The van der Waals surface area contributed by atoms with Crippen molar-refractivity contribution in [2.45, 2.75) is 45.8 Å². The predicted molar refractivity (Wildman–Crippen MR) is 159 cm³/mol. The molecule has 3 aromatic heterocycles. The molecule has 12 heteroatoms. The van der Waals surface area contributed by atoms with Crippen LogP contribution in [0.1, 0.15) is 36.6 Å². The van der Waals surface area contributed by atoms with Crippen molar-refractivity contribution in [3.63, 3.8) is 0 Å². The maximum Gasteiger partial charge on any atom is 0.248 e.